The first kappa shape index (κ1) is 21.1. The maximum absolute atomic E-state index is 9.23. The quantitative estimate of drug-likeness (QED) is 0.258. The van der Waals surface area contributed by atoms with Crippen LogP contribution in [0.3, 0.4) is 0 Å². The smallest absolute Gasteiger partial charge is 0.136 e. The summed E-state index contributed by atoms with van der Waals surface area (Å²) in [5.41, 5.74) is 8.66. The van der Waals surface area contributed by atoms with Gasteiger partial charge in [-0.05, 0) is 63.4 Å². The first-order valence-electron chi connectivity index (χ1n) is 12.2. The molecule has 37 heavy (non-hydrogen) atoms. The highest BCUT2D eigenvalue weighted by atomic mass is 16.3. The van der Waals surface area contributed by atoms with Crippen molar-refractivity contribution in [2.75, 3.05) is 0 Å². The number of hydrogen-bond donors (Lipinski definition) is 0. The summed E-state index contributed by atoms with van der Waals surface area (Å²) in [4.78, 5) is 4.44. The molecule has 0 aliphatic heterocycles. The minimum atomic E-state index is 0.603. The third-order valence-corrected chi connectivity index (χ3v) is 6.97. The number of pyridine rings is 1. The summed E-state index contributed by atoms with van der Waals surface area (Å²) in [5, 5.41) is 13.8. The lowest BCUT2D eigenvalue weighted by Crippen LogP contribution is -1.86. The molecule has 172 valence electrons. The highest BCUT2D eigenvalue weighted by Gasteiger charge is 2.15. The van der Waals surface area contributed by atoms with Gasteiger partial charge in [-0.25, -0.2) is 0 Å². The van der Waals surface area contributed by atoms with Gasteiger partial charge in [0.1, 0.15) is 11.2 Å². The van der Waals surface area contributed by atoms with Crippen LogP contribution in [0.5, 0.6) is 0 Å². The summed E-state index contributed by atoms with van der Waals surface area (Å²) in [5.74, 6) is 0. The van der Waals surface area contributed by atoms with Gasteiger partial charge in [0.15, 0.2) is 0 Å². The van der Waals surface area contributed by atoms with Crippen LogP contribution in [0.15, 0.2) is 126 Å². The van der Waals surface area contributed by atoms with E-state index in [2.05, 4.69) is 108 Å². The van der Waals surface area contributed by atoms with Crippen LogP contribution >= 0.6 is 0 Å². The van der Waals surface area contributed by atoms with Gasteiger partial charge in [0, 0.05) is 22.5 Å². The summed E-state index contributed by atoms with van der Waals surface area (Å²) in [6.45, 7) is 0. The molecule has 0 unspecified atom stereocenters. The summed E-state index contributed by atoms with van der Waals surface area (Å²) in [6, 6.07) is 41.6. The van der Waals surface area contributed by atoms with Crippen molar-refractivity contribution in [3.8, 4) is 39.6 Å². The van der Waals surface area contributed by atoms with Gasteiger partial charge in [-0.3, -0.25) is 4.98 Å². The number of nitrogens with zero attached hydrogens (tertiary/aromatic N) is 2. The number of fused-ring (bicyclic) bond motifs is 5. The monoisotopic (exact) mass is 472 g/mol. The second-order valence-electron chi connectivity index (χ2n) is 9.14. The molecule has 3 nitrogen and oxygen atoms in total. The van der Waals surface area contributed by atoms with Gasteiger partial charge >= 0.3 is 0 Å². The van der Waals surface area contributed by atoms with Crippen LogP contribution in [-0.2, 0) is 0 Å². The number of aromatic nitrogens is 1. The fraction of sp³-hybridized carbons (Fsp3) is 0. The Bertz CT molecular complexity index is 1980. The van der Waals surface area contributed by atoms with Gasteiger partial charge in [-0.1, -0.05) is 84.9 Å². The molecule has 0 aliphatic carbocycles. The van der Waals surface area contributed by atoms with Crippen molar-refractivity contribution in [3.05, 3.63) is 127 Å². The van der Waals surface area contributed by atoms with Crippen LogP contribution in [0.25, 0.3) is 66.2 Å². The van der Waals surface area contributed by atoms with Gasteiger partial charge in [0.05, 0.1) is 17.3 Å². The largest absolute Gasteiger partial charge is 0.456 e. The molecule has 0 atom stereocenters. The van der Waals surface area contributed by atoms with Crippen molar-refractivity contribution in [2.45, 2.75) is 0 Å². The van der Waals surface area contributed by atoms with E-state index in [4.69, 9.17) is 4.42 Å². The van der Waals surface area contributed by atoms with E-state index < -0.39 is 0 Å². The lowest BCUT2D eigenvalue weighted by Gasteiger charge is -2.09. The van der Waals surface area contributed by atoms with Gasteiger partial charge in [0.2, 0.25) is 0 Å². The third-order valence-electron chi connectivity index (χ3n) is 6.97. The van der Waals surface area contributed by atoms with Crippen LogP contribution in [0.4, 0.5) is 0 Å². The Hall–Kier alpha value is -5.20. The molecule has 0 bridgehead atoms. The Morgan fingerprint density at radius 1 is 0.568 bits per heavy atom. The first-order valence-corrected chi connectivity index (χ1v) is 12.2. The third kappa shape index (κ3) is 3.55. The Kier molecular flexibility index (Phi) is 4.84. The van der Waals surface area contributed by atoms with Crippen molar-refractivity contribution < 1.29 is 4.42 Å². The molecule has 2 heterocycles. The molecular weight excluding hydrogens is 452 g/mol. The number of nitriles is 1. The fourth-order valence-corrected chi connectivity index (χ4v) is 5.17. The van der Waals surface area contributed by atoms with E-state index in [-0.39, 0.29) is 0 Å². The molecule has 2 aromatic heterocycles. The highest BCUT2D eigenvalue weighted by Crippen LogP contribution is 2.41. The van der Waals surface area contributed by atoms with Crippen LogP contribution in [0.2, 0.25) is 0 Å². The maximum Gasteiger partial charge on any atom is 0.136 e. The molecule has 0 N–H and O–H groups in total. The van der Waals surface area contributed by atoms with Crippen molar-refractivity contribution >= 4 is 32.7 Å². The number of furan rings is 1. The van der Waals surface area contributed by atoms with E-state index in [1.54, 1.807) is 12.3 Å². The Morgan fingerprint density at radius 2 is 1.30 bits per heavy atom. The molecule has 0 fully saturated rings. The summed E-state index contributed by atoms with van der Waals surface area (Å²) in [7, 11) is 0. The molecule has 0 aliphatic rings. The van der Waals surface area contributed by atoms with Crippen molar-refractivity contribution in [1.29, 1.82) is 5.26 Å². The zero-order chi connectivity index (χ0) is 24.8. The molecular formula is C34H20N2O. The minimum absolute atomic E-state index is 0.603. The number of rotatable bonds is 3. The fourth-order valence-electron chi connectivity index (χ4n) is 5.17. The van der Waals surface area contributed by atoms with Crippen molar-refractivity contribution in [1.82, 2.24) is 4.98 Å². The van der Waals surface area contributed by atoms with Crippen LogP contribution in [-0.4, -0.2) is 4.98 Å². The van der Waals surface area contributed by atoms with Crippen LogP contribution < -0.4 is 0 Å². The molecule has 7 aromatic rings. The molecule has 0 amide bonds. The lowest BCUT2D eigenvalue weighted by molar-refractivity contribution is 0.669. The predicted octanol–water partition coefficient (Wildman–Crippen LogP) is 9.01. The first-order chi connectivity index (χ1) is 18.3. The SMILES string of the molecule is N#Cc1ccnc(-c2ccc(-c3cc4oc5cc(-c6ccccc6)ccc5c4c4ccccc34)cc2)c1. The van der Waals surface area contributed by atoms with Crippen molar-refractivity contribution in [2.24, 2.45) is 0 Å². The standard InChI is InChI=1S/C34H20N2O/c35-21-22-16-17-36-31(18-22)25-12-10-24(11-13-25)30-20-33-34(28-9-5-4-8-27(28)30)29-15-14-26(19-32(29)37-33)23-6-2-1-3-7-23/h1-20H. The molecule has 7 rings (SSSR count). The second-order valence-corrected chi connectivity index (χ2v) is 9.14. The van der Waals surface area contributed by atoms with E-state index in [0.29, 0.717) is 5.56 Å². The van der Waals surface area contributed by atoms with Gasteiger partial charge in [-0.15, -0.1) is 0 Å². The Balaban J connectivity index is 1.39. The average molecular weight is 473 g/mol. The number of benzene rings is 5. The average Bonchev–Trinajstić information content (AvgIpc) is 3.35. The van der Waals surface area contributed by atoms with Crippen LogP contribution in [0, 0.1) is 11.3 Å². The minimum Gasteiger partial charge on any atom is -0.456 e. The highest BCUT2D eigenvalue weighted by molar-refractivity contribution is 6.22. The van der Waals surface area contributed by atoms with Gasteiger partial charge in [0.25, 0.3) is 0 Å². The maximum atomic E-state index is 9.23. The zero-order valence-corrected chi connectivity index (χ0v) is 19.8. The molecule has 3 heteroatoms. The van der Waals surface area contributed by atoms with Gasteiger partial charge < -0.3 is 4.42 Å². The van der Waals surface area contributed by atoms with E-state index in [9.17, 15) is 5.26 Å². The molecule has 5 aromatic carbocycles. The second kappa shape index (κ2) is 8.48. The normalized spacial score (nSPS) is 11.2. The summed E-state index contributed by atoms with van der Waals surface area (Å²) >= 11 is 0. The zero-order valence-electron chi connectivity index (χ0n) is 19.8. The molecule has 0 spiro atoms. The molecule has 0 saturated heterocycles. The van der Waals surface area contributed by atoms with E-state index in [0.717, 1.165) is 49.9 Å². The predicted molar refractivity (Wildman–Crippen MR) is 150 cm³/mol. The van der Waals surface area contributed by atoms with Crippen molar-refractivity contribution in [3.63, 3.8) is 0 Å². The molecule has 0 radical (unpaired) electrons. The van der Waals surface area contributed by atoms with Gasteiger partial charge in [-0.2, -0.15) is 5.26 Å². The van der Waals surface area contributed by atoms with Crippen LogP contribution in [0.1, 0.15) is 5.56 Å². The van der Waals surface area contributed by atoms with E-state index in [1.807, 2.05) is 12.1 Å². The van der Waals surface area contributed by atoms with E-state index in [1.165, 1.54) is 16.3 Å². The topological polar surface area (TPSA) is 49.8 Å². The number of hydrogen-bond acceptors (Lipinski definition) is 3. The molecule has 0 saturated carbocycles. The summed E-state index contributed by atoms with van der Waals surface area (Å²) < 4.78 is 6.46. The van der Waals surface area contributed by atoms with E-state index >= 15 is 0 Å². The Morgan fingerprint density at radius 3 is 2.11 bits per heavy atom. The lowest BCUT2D eigenvalue weighted by atomic mass is 9.94. The Labute approximate surface area is 213 Å². The summed E-state index contributed by atoms with van der Waals surface area (Å²) in [6.07, 6.45) is 1.67.